The lowest BCUT2D eigenvalue weighted by molar-refractivity contribution is 0.391. The molecule has 3 aromatic rings. The topological polar surface area (TPSA) is 80.5 Å². The van der Waals surface area contributed by atoms with Crippen LogP contribution in [0.25, 0.3) is 11.3 Å². The summed E-state index contributed by atoms with van der Waals surface area (Å²) < 4.78 is 6.81. The highest BCUT2D eigenvalue weighted by molar-refractivity contribution is 6.33. The predicted molar refractivity (Wildman–Crippen MR) is 80.3 cm³/mol. The van der Waals surface area contributed by atoms with E-state index in [1.54, 1.807) is 10.7 Å². The molecular weight excluding hydrogens is 302 g/mol. The van der Waals surface area contributed by atoms with E-state index >= 15 is 0 Å². The van der Waals surface area contributed by atoms with E-state index in [2.05, 4.69) is 21.5 Å². The first-order valence-electron chi connectivity index (χ1n) is 6.62. The zero-order valence-electron chi connectivity index (χ0n) is 12.0. The van der Waals surface area contributed by atoms with Crippen molar-refractivity contribution >= 4 is 11.6 Å². The monoisotopic (exact) mass is 313 g/mol. The summed E-state index contributed by atoms with van der Waals surface area (Å²) in [5.41, 5.74) is 3.25. The maximum Gasteiger partial charge on any atom is 0.190 e. The molecule has 7 heteroatoms. The summed E-state index contributed by atoms with van der Waals surface area (Å²) in [4.78, 5) is 0. The lowest BCUT2D eigenvalue weighted by Gasteiger charge is -2.08. The maximum atomic E-state index is 9.28. The number of hydrogen-bond acceptors (Lipinski definition) is 5. The molecule has 6 nitrogen and oxygen atoms in total. The third-order valence-corrected chi connectivity index (χ3v) is 3.79. The lowest BCUT2D eigenvalue weighted by Crippen LogP contribution is -2.06. The van der Waals surface area contributed by atoms with Gasteiger partial charge in [-0.25, -0.2) is 4.68 Å². The van der Waals surface area contributed by atoms with Gasteiger partial charge < -0.3 is 4.52 Å². The van der Waals surface area contributed by atoms with Crippen LogP contribution < -0.4 is 0 Å². The molecule has 0 unspecified atom stereocenters. The van der Waals surface area contributed by atoms with Crippen molar-refractivity contribution in [2.45, 2.75) is 20.4 Å². The molecule has 0 aliphatic carbocycles. The molecule has 0 saturated heterocycles. The van der Waals surface area contributed by atoms with Gasteiger partial charge in [0.05, 0.1) is 17.3 Å². The average Bonchev–Trinajstić information content (AvgIpc) is 3.06. The van der Waals surface area contributed by atoms with Gasteiger partial charge in [0, 0.05) is 11.1 Å². The molecule has 0 atom stereocenters. The highest BCUT2D eigenvalue weighted by Gasteiger charge is 2.19. The third kappa shape index (κ3) is 2.36. The molecule has 2 aromatic heterocycles. The van der Waals surface area contributed by atoms with Crippen LogP contribution in [0.4, 0.5) is 0 Å². The Kier molecular flexibility index (Phi) is 3.65. The van der Waals surface area contributed by atoms with Gasteiger partial charge in [0.15, 0.2) is 5.69 Å². The van der Waals surface area contributed by atoms with Crippen LogP contribution in [0.5, 0.6) is 0 Å². The number of hydrogen-bond donors (Lipinski definition) is 0. The smallest absolute Gasteiger partial charge is 0.190 e. The van der Waals surface area contributed by atoms with Gasteiger partial charge in [0.2, 0.25) is 0 Å². The van der Waals surface area contributed by atoms with Gasteiger partial charge in [-0.05, 0) is 19.9 Å². The molecule has 0 aliphatic heterocycles. The summed E-state index contributed by atoms with van der Waals surface area (Å²) in [6.07, 6.45) is 0. The standard InChI is InChI=1S/C15H12ClN5O/c1-9-12(10(2)22-19-9)8-21-15(14(7-17)18-20-21)11-5-3-4-6-13(11)16/h3-6H,8H2,1-2H3. The maximum absolute atomic E-state index is 9.28. The van der Waals surface area contributed by atoms with Crippen LogP contribution in [0.15, 0.2) is 28.8 Å². The van der Waals surface area contributed by atoms with Gasteiger partial charge >= 0.3 is 0 Å². The van der Waals surface area contributed by atoms with Crippen molar-refractivity contribution < 1.29 is 4.52 Å². The van der Waals surface area contributed by atoms with Crippen LogP contribution in [0.3, 0.4) is 0 Å². The third-order valence-electron chi connectivity index (χ3n) is 3.46. The Balaban J connectivity index is 2.13. The number of nitrogens with zero attached hydrogens (tertiary/aromatic N) is 5. The van der Waals surface area contributed by atoms with Crippen LogP contribution in [0.2, 0.25) is 5.02 Å². The molecule has 110 valence electrons. The van der Waals surface area contributed by atoms with E-state index in [0.717, 1.165) is 22.6 Å². The summed E-state index contributed by atoms with van der Waals surface area (Å²) in [5, 5.41) is 21.8. The molecule has 0 aliphatic rings. The molecule has 0 bridgehead atoms. The fourth-order valence-electron chi connectivity index (χ4n) is 2.30. The molecule has 0 N–H and O–H groups in total. The van der Waals surface area contributed by atoms with E-state index in [4.69, 9.17) is 16.1 Å². The van der Waals surface area contributed by atoms with Gasteiger partial charge in [-0.1, -0.05) is 40.2 Å². The van der Waals surface area contributed by atoms with Crippen LogP contribution in [0, 0.1) is 25.2 Å². The van der Waals surface area contributed by atoms with E-state index in [1.807, 2.05) is 32.0 Å². The summed E-state index contributed by atoms with van der Waals surface area (Å²) in [5.74, 6) is 0.719. The molecule has 1 aromatic carbocycles. The van der Waals surface area contributed by atoms with Crippen molar-refractivity contribution in [3.8, 4) is 17.3 Å². The minimum atomic E-state index is 0.236. The predicted octanol–water partition coefficient (Wildman–Crippen LogP) is 3.12. The number of benzene rings is 1. The van der Waals surface area contributed by atoms with Gasteiger partial charge in [0.25, 0.3) is 0 Å². The fraction of sp³-hybridized carbons (Fsp3) is 0.200. The van der Waals surface area contributed by atoms with E-state index < -0.39 is 0 Å². The molecule has 0 saturated carbocycles. The second-order valence-electron chi connectivity index (χ2n) is 4.84. The van der Waals surface area contributed by atoms with Crippen LogP contribution in [-0.2, 0) is 6.54 Å². The summed E-state index contributed by atoms with van der Waals surface area (Å²) in [6, 6.07) is 9.36. The quantitative estimate of drug-likeness (QED) is 0.742. The van der Waals surface area contributed by atoms with Crippen molar-refractivity contribution in [2.75, 3.05) is 0 Å². The van der Waals surface area contributed by atoms with Gasteiger partial charge in [0.1, 0.15) is 17.5 Å². The second-order valence-corrected chi connectivity index (χ2v) is 5.25. The van der Waals surface area contributed by atoms with Crippen molar-refractivity contribution in [2.24, 2.45) is 0 Å². The molecular formula is C15H12ClN5O. The first kappa shape index (κ1) is 14.3. The first-order valence-corrected chi connectivity index (χ1v) is 7.00. The number of halogens is 1. The van der Waals surface area contributed by atoms with Gasteiger partial charge in [-0.2, -0.15) is 5.26 Å². The SMILES string of the molecule is Cc1noc(C)c1Cn1nnc(C#N)c1-c1ccccc1Cl. The highest BCUT2D eigenvalue weighted by Crippen LogP contribution is 2.30. The Labute approximate surface area is 131 Å². The Bertz CT molecular complexity index is 855. The fourth-order valence-corrected chi connectivity index (χ4v) is 2.52. The first-order chi connectivity index (χ1) is 10.6. The van der Waals surface area contributed by atoms with Gasteiger partial charge in [-0.3, -0.25) is 0 Å². The van der Waals surface area contributed by atoms with E-state index in [1.165, 1.54) is 0 Å². The number of rotatable bonds is 3. The zero-order valence-corrected chi connectivity index (χ0v) is 12.8. The molecule has 0 amide bonds. The van der Waals surface area contributed by atoms with E-state index in [0.29, 0.717) is 17.3 Å². The summed E-state index contributed by atoms with van der Waals surface area (Å²) in [7, 11) is 0. The Hall–Kier alpha value is -2.65. The van der Waals surface area contributed by atoms with Crippen molar-refractivity contribution in [1.82, 2.24) is 20.2 Å². The average molecular weight is 314 g/mol. The summed E-state index contributed by atoms with van der Waals surface area (Å²) in [6.45, 7) is 4.12. The van der Waals surface area contributed by atoms with Gasteiger partial charge in [-0.15, -0.1) is 5.10 Å². The van der Waals surface area contributed by atoms with Crippen LogP contribution in [0.1, 0.15) is 22.7 Å². The van der Waals surface area contributed by atoms with Crippen LogP contribution in [-0.4, -0.2) is 20.2 Å². The molecule has 0 radical (unpaired) electrons. The molecule has 0 fully saturated rings. The number of aryl methyl sites for hydroxylation is 2. The van der Waals surface area contributed by atoms with E-state index in [-0.39, 0.29) is 5.69 Å². The Morgan fingerprint density at radius 1 is 1.32 bits per heavy atom. The van der Waals surface area contributed by atoms with E-state index in [9.17, 15) is 5.26 Å². The Morgan fingerprint density at radius 3 is 2.73 bits per heavy atom. The lowest BCUT2D eigenvalue weighted by atomic mass is 10.1. The zero-order chi connectivity index (χ0) is 15.7. The van der Waals surface area contributed by atoms with Crippen molar-refractivity contribution in [1.29, 1.82) is 5.26 Å². The number of aromatic nitrogens is 4. The molecule has 0 spiro atoms. The molecule has 22 heavy (non-hydrogen) atoms. The summed E-state index contributed by atoms with van der Waals surface area (Å²) >= 11 is 6.25. The van der Waals surface area contributed by atoms with Crippen LogP contribution >= 0.6 is 11.6 Å². The normalized spacial score (nSPS) is 10.6. The second kappa shape index (κ2) is 5.62. The Morgan fingerprint density at radius 2 is 2.09 bits per heavy atom. The highest BCUT2D eigenvalue weighted by atomic mass is 35.5. The molecule has 3 rings (SSSR count). The van der Waals surface area contributed by atoms with Crippen molar-refractivity contribution in [3.05, 3.63) is 52.0 Å². The largest absolute Gasteiger partial charge is 0.361 e. The minimum Gasteiger partial charge on any atom is -0.361 e. The number of nitriles is 1. The minimum absolute atomic E-state index is 0.236. The van der Waals surface area contributed by atoms with Crippen molar-refractivity contribution in [3.63, 3.8) is 0 Å². The molecule has 2 heterocycles.